The molecule has 0 aliphatic heterocycles. The van der Waals surface area contributed by atoms with Crippen LogP contribution in [0, 0.1) is 0 Å². The van der Waals surface area contributed by atoms with E-state index in [1.165, 1.54) is 26.0 Å². The van der Waals surface area contributed by atoms with Gasteiger partial charge in [-0.25, -0.2) is 4.79 Å². The Kier molecular flexibility index (Phi) is 5.87. The molecular formula is C22H24N2O5. The quantitative estimate of drug-likeness (QED) is 0.811. The van der Waals surface area contributed by atoms with E-state index >= 15 is 0 Å². The van der Waals surface area contributed by atoms with Crippen LogP contribution >= 0.6 is 0 Å². The molecular weight excluding hydrogens is 372 g/mol. The van der Waals surface area contributed by atoms with E-state index in [2.05, 4.69) is 0 Å². The normalized spacial score (nSPS) is 13.2. The number of hydrogen-bond donors (Lipinski definition) is 1. The van der Waals surface area contributed by atoms with Crippen LogP contribution < -0.4 is 0 Å². The SMILES string of the molecule is CN(C)C(=O)C(CC(=O)O)N(C)C(=O)OCC1c2ccccc2-c2ccccc21. The smallest absolute Gasteiger partial charge is 0.410 e. The highest BCUT2D eigenvalue weighted by Gasteiger charge is 2.33. The Morgan fingerprint density at radius 1 is 0.966 bits per heavy atom. The van der Waals surface area contributed by atoms with Crippen molar-refractivity contribution < 1.29 is 24.2 Å². The first-order chi connectivity index (χ1) is 13.8. The number of likely N-dealkylation sites (N-methyl/N-ethyl adjacent to an activating group) is 2. The molecule has 1 atom stereocenters. The third-order valence-electron chi connectivity index (χ3n) is 5.19. The Hall–Kier alpha value is -3.35. The number of rotatable bonds is 6. The van der Waals surface area contributed by atoms with E-state index in [1.54, 1.807) is 0 Å². The zero-order valence-electron chi connectivity index (χ0n) is 16.7. The molecule has 7 nitrogen and oxygen atoms in total. The van der Waals surface area contributed by atoms with E-state index in [0.29, 0.717) is 0 Å². The van der Waals surface area contributed by atoms with E-state index in [0.717, 1.165) is 27.2 Å². The fourth-order valence-electron chi connectivity index (χ4n) is 3.68. The standard InChI is InChI=1S/C22H24N2O5/c1-23(2)21(27)19(12-20(25)26)24(3)22(28)29-13-18-16-10-6-4-8-14(16)15-9-5-7-11-17(15)18/h4-11,18-19H,12-13H2,1-3H3,(H,25,26). The summed E-state index contributed by atoms with van der Waals surface area (Å²) in [5, 5.41) is 9.12. The number of carbonyl (C=O) groups excluding carboxylic acids is 2. The van der Waals surface area contributed by atoms with Crippen molar-refractivity contribution in [3.8, 4) is 11.1 Å². The van der Waals surface area contributed by atoms with Crippen LogP contribution in [0.2, 0.25) is 0 Å². The summed E-state index contributed by atoms with van der Waals surface area (Å²) >= 11 is 0. The molecule has 3 rings (SSSR count). The molecule has 0 bridgehead atoms. The highest BCUT2D eigenvalue weighted by atomic mass is 16.6. The molecule has 1 aliphatic rings. The van der Waals surface area contributed by atoms with Crippen molar-refractivity contribution in [2.45, 2.75) is 18.4 Å². The second kappa shape index (κ2) is 8.34. The van der Waals surface area contributed by atoms with E-state index in [-0.39, 0.29) is 12.5 Å². The predicted molar refractivity (Wildman–Crippen MR) is 108 cm³/mol. The first-order valence-electron chi connectivity index (χ1n) is 9.32. The van der Waals surface area contributed by atoms with Gasteiger partial charge in [0.15, 0.2) is 0 Å². The van der Waals surface area contributed by atoms with E-state index in [1.807, 2.05) is 48.5 Å². The van der Waals surface area contributed by atoms with Crippen LogP contribution in [0.3, 0.4) is 0 Å². The number of carboxylic acid groups (broad SMARTS) is 1. The van der Waals surface area contributed by atoms with Crippen molar-refractivity contribution in [2.75, 3.05) is 27.7 Å². The largest absolute Gasteiger partial charge is 0.481 e. The van der Waals surface area contributed by atoms with Gasteiger partial charge in [-0.05, 0) is 22.3 Å². The van der Waals surface area contributed by atoms with Gasteiger partial charge in [0.1, 0.15) is 12.6 Å². The number of fused-ring (bicyclic) bond motifs is 3. The van der Waals surface area contributed by atoms with Gasteiger partial charge in [0.05, 0.1) is 6.42 Å². The Morgan fingerprint density at radius 3 is 1.97 bits per heavy atom. The van der Waals surface area contributed by atoms with E-state index < -0.39 is 30.4 Å². The first kappa shape index (κ1) is 20.4. The molecule has 0 saturated heterocycles. The van der Waals surface area contributed by atoms with Crippen molar-refractivity contribution >= 4 is 18.0 Å². The van der Waals surface area contributed by atoms with Crippen LogP contribution in [0.15, 0.2) is 48.5 Å². The summed E-state index contributed by atoms with van der Waals surface area (Å²) in [5.74, 6) is -1.74. The van der Waals surface area contributed by atoms with Crippen LogP contribution in [-0.4, -0.2) is 66.7 Å². The third-order valence-corrected chi connectivity index (χ3v) is 5.19. The molecule has 0 spiro atoms. The average Bonchev–Trinajstić information content (AvgIpc) is 3.03. The topological polar surface area (TPSA) is 87.2 Å². The lowest BCUT2D eigenvalue weighted by atomic mass is 9.98. The summed E-state index contributed by atoms with van der Waals surface area (Å²) in [5.41, 5.74) is 4.39. The van der Waals surface area contributed by atoms with E-state index in [4.69, 9.17) is 9.84 Å². The molecule has 0 saturated carbocycles. The summed E-state index contributed by atoms with van der Waals surface area (Å²) in [6.45, 7) is 0.104. The van der Waals surface area contributed by atoms with Crippen molar-refractivity contribution in [1.29, 1.82) is 0 Å². The molecule has 0 fully saturated rings. The van der Waals surface area contributed by atoms with Crippen LogP contribution in [0.4, 0.5) is 4.79 Å². The maximum Gasteiger partial charge on any atom is 0.410 e. The molecule has 2 amide bonds. The Bertz CT molecular complexity index is 895. The van der Waals surface area contributed by atoms with Crippen molar-refractivity contribution in [3.63, 3.8) is 0 Å². The molecule has 29 heavy (non-hydrogen) atoms. The molecule has 1 N–H and O–H groups in total. The monoisotopic (exact) mass is 396 g/mol. The molecule has 0 aromatic heterocycles. The summed E-state index contributed by atoms with van der Waals surface area (Å²) in [7, 11) is 4.42. The highest BCUT2D eigenvalue weighted by Crippen LogP contribution is 2.44. The van der Waals surface area contributed by atoms with Crippen LogP contribution in [0.1, 0.15) is 23.5 Å². The van der Waals surface area contributed by atoms with Crippen LogP contribution in [-0.2, 0) is 14.3 Å². The zero-order chi connectivity index (χ0) is 21.1. The minimum absolute atomic E-state index is 0.104. The van der Waals surface area contributed by atoms with Gasteiger partial charge < -0.3 is 14.7 Å². The molecule has 0 heterocycles. The maximum atomic E-state index is 12.6. The number of ether oxygens (including phenoxy) is 1. The van der Waals surface area contributed by atoms with Gasteiger partial charge in [0, 0.05) is 27.1 Å². The molecule has 7 heteroatoms. The zero-order valence-corrected chi connectivity index (χ0v) is 16.7. The van der Waals surface area contributed by atoms with Gasteiger partial charge in [-0.15, -0.1) is 0 Å². The predicted octanol–water partition coefficient (Wildman–Crippen LogP) is 2.80. The lowest BCUT2D eigenvalue weighted by Gasteiger charge is -2.28. The number of carboxylic acids is 1. The number of nitrogens with zero attached hydrogens (tertiary/aromatic N) is 2. The Morgan fingerprint density at radius 2 is 1.48 bits per heavy atom. The molecule has 2 aromatic rings. The summed E-state index contributed by atoms with van der Waals surface area (Å²) in [6, 6.07) is 14.8. The Balaban J connectivity index is 1.76. The number of hydrogen-bond acceptors (Lipinski definition) is 4. The summed E-state index contributed by atoms with van der Waals surface area (Å²) < 4.78 is 5.52. The minimum atomic E-state index is -1.16. The molecule has 1 aliphatic carbocycles. The summed E-state index contributed by atoms with van der Waals surface area (Å²) in [4.78, 5) is 38.4. The highest BCUT2D eigenvalue weighted by molar-refractivity contribution is 5.89. The Labute approximate surface area is 169 Å². The van der Waals surface area contributed by atoms with Gasteiger partial charge in [0.2, 0.25) is 5.91 Å². The maximum absolute atomic E-state index is 12.6. The van der Waals surface area contributed by atoms with Crippen LogP contribution in [0.5, 0.6) is 0 Å². The number of benzene rings is 2. The molecule has 152 valence electrons. The number of carbonyl (C=O) groups is 3. The molecule has 0 radical (unpaired) electrons. The molecule has 2 aromatic carbocycles. The van der Waals surface area contributed by atoms with Gasteiger partial charge in [-0.2, -0.15) is 0 Å². The minimum Gasteiger partial charge on any atom is -0.481 e. The van der Waals surface area contributed by atoms with Gasteiger partial charge >= 0.3 is 12.1 Å². The van der Waals surface area contributed by atoms with Crippen LogP contribution in [0.25, 0.3) is 11.1 Å². The van der Waals surface area contributed by atoms with Gasteiger partial charge in [-0.1, -0.05) is 48.5 Å². The second-order valence-electron chi connectivity index (χ2n) is 7.26. The molecule has 1 unspecified atom stereocenters. The van der Waals surface area contributed by atoms with Gasteiger partial charge in [0.25, 0.3) is 0 Å². The fourth-order valence-corrected chi connectivity index (χ4v) is 3.68. The van der Waals surface area contributed by atoms with Crippen molar-refractivity contribution in [3.05, 3.63) is 59.7 Å². The fraction of sp³-hybridized carbons (Fsp3) is 0.318. The lowest BCUT2D eigenvalue weighted by Crippen LogP contribution is -2.48. The van der Waals surface area contributed by atoms with Crippen molar-refractivity contribution in [2.24, 2.45) is 0 Å². The summed E-state index contributed by atoms with van der Waals surface area (Å²) in [6.07, 6.45) is -1.22. The lowest BCUT2D eigenvalue weighted by molar-refractivity contribution is -0.143. The van der Waals surface area contributed by atoms with Gasteiger partial charge in [-0.3, -0.25) is 14.5 Å². The first-order valence-corrected chi connectivity index (χ1v) is 9.32. The number of amides is 2. The number of aliphatic carboxylic acids is 1. The average molecular weight is 396 g/mol. The van der Waals surface area contributed by atoms with Crippen molar-refractivity contribution in [1.82, 2.24) is 9.80 Å². The second-order valence-corrected chi connectivity index (χ2v) is 7.26. The third kappa shape index (κ3) is 4.08. The van der Waals surface area contributed by atoms with E-state index in [9.17, 15) is 14.4 Å².